The predicted molar refractivity (Wildman–Crippen MR) is 71.3 cm³/mol. The first-order valence-electron chi connectivity index (χ1n) is 7.22. The molecule has 1 heterocycles. The highest BCUT2D eigenvalue weighted by Gasteiger charge is 2.34. The van der Waals surface area contributed by atoms with Crippen molar-refractivity contribution in [3.05, 3.63) is 0 Å². The van der Waals surface area contributed by atoms with Crippen molar-refractivity contribution in [3.8, 4) is 0 Å². The minimum Gasteiger partial charge on any atom is -0.396 e. The van der Waals surface area contributed by atoms with Gasteiger partial charge in [0, 0.05) is 31.7 Å². The molecule has 0 bridgehead atoms. The first-order chi connectivity index (χ1) is 8.65. The molecule has 0 radical (unpaired) electrons. The molecule has 2 aliphatic rings. The minimum absolute atomic E-state index is 0.0556. The third kappa shape index (κ3) is 3.23. The number of likely N-dealkylation sites (N-methyl/N-ethyl adjacent to an activating group) is 1. The summed E-state index contributed by atoms with van der Waals surface area (Å²) in [4.78, 5) is 16.1. The van der Waals surface area contributed by atoms with Crippen LogP contribution in [0.25, 0.3) is 0 Å². The van der Waals surface area contributed by atoms with Crippen LogP contribution < -0.4 is 0 Å². The van der Waals surface area contributed by atoms with Crippen LogP contribution in [0, 0.1) is 5.41 Å². The molecule has 4 nitrogen and oxygen atoms in total. The summed E-state index contributed by atoms with van der Waals surface area (Å²) in [6, 6.07) is 0. The number of aliphatic hydroxyl groups excluding tert-OH is 1. The van der Waals surface area contributed by atoms with Crippen molar-refractivity contribution in [1.29, 1.82) is 0 Å². The van der Waals surface area contributed by atoms with E-state index >= 15 is 0 Å². The molecule has 2 fully saturated rings. The number of carbonyl (C=O) groups excluding carboxylic acids is 1. The maximum absolute atomic E-state index is 12.0. The van der Waals surface area contributed by atoms with Crippen LogP contribution in [0.5, 0.6) is 0 Å². The van der Waals surface area contributed by atoms with Gasteiger partial charge in [-0.2, -0.15) is 0 Å². The van der Waals surface area contributed by atoms with Crippen molar-refractivity contribution < 1.29 is 9.90 Å². The number of amides is 1. The van der Waals surface area contributed by atoms with Gasteiger partial charge in [-0.15, -0.1) is 0 Å². The van der Waals surface area contributed by atoms with Gasteiger partial charge in [0.05, 0.1) is 6.54 Å². The Bertz CT molecular complexity index is 282. The quantitative estimate of drug-likeness (QED) is 0.799. The summed E-state index contributed by atoms with van der Waals surface area (Å²) in [6.07, 6.45) is 6.94. The van der Waals surface area contributed by atoms with E-state index in [-0.39, 0.29) is 17.9 Å². The summed E-state index contributed by atoms with van der Waals surface area (Å²) in [5.74, 6) is 0.251. The molecule has 0 spiro atoms. The second kappa shape index (κ2) is 6.02. The Morgan fingerprint density at radius 2 is 1.83 bits per heavy atom. The first kappa shape index (κ1) is 13.8. The zero-order chi connectivity index (χ0) is 13.0. The fraction of sp³-hybridized carbons (Fsp3) is 0.929. The molecule has 104 valence electrons. The monoisotopic (exact) mass is 254 g/mol. The third-order valence-corrected chi connectivity index (χ3v) is 4.47. The largest absolute Gasteiger partial charge is 0.396 e. The summed E-state index contributed by atoms with van der Waals surface area (Å²) < 4.78 is 0. The minimum atomic E-state index is 0.0556. The standard InChI is InChI=1S/C14H26N2O2/c1-15(10-13(18)16-8-4-5-9-16)11-14(12-17)6-2-3-7-14/h17H,2-12H2,1H3. The van der Waals surface area contributed by atoms with Crippen molar-refractivity contribution in [2.75, 3.05) is 39.8 Å². The van der Waals surface area contributed by atoms with Gasteiger partial charge >= 0.3 is 0 Å². The topological polar surface area (TPSA) is 43.8 Å². The van der Waals surface area contributed by atoms with Gasteiger partial charge in [0.25, 0.3) is 0 Å². The normalized spacial score (nSPS) is 22.9. The molecule has 4 heteroatoms. The van der Waals surface area contributed by atoms with E-state index in [1.807, 2.05) is 11.9 Å². The Balaban J connectivity index is 1.80. The van der Waals surface area contributed by atoms with Crippen LogP contribution in [0.2, 0.25) is 0 Å². The molecule has 1 aliphatic heterocycles. The molecule has 0 aromatic carbocycles. The van der Waals surface area contributed by atoms with Crippen molar-refractivity contribution in [3.63, 3.8) is 0 Å². The lowest BCUT2D eigenvalue weighted by Gasteiger charge is -2.32. The molecule has 0 aromatic rings. The molecule has 1 N–H and O–H groups in total. The molecule has 1 aliphatic carbocycles. The second-order valence-corrected chi connectivity index (χ2v) is 6.13. The van der Waals surface area contributed by atoms with Crippen LogP contribution in [0.4, 0.5) is 0 Å². The fourth-order valence-electron chi connectivity index (χ4n) is 3.42. The van der Waals surface area contributed by atoms with E-state index in [2.05, 4.69) is 4.90 Å². The Labute approximate surface area is 110 Å². The van der Waals surface area contributed by atoms with Gasteiger partial charge in [-0.1, -0.05) is 12.8 Å². The second-order valence-electron chi connectivity index (χ2n) is 6.13. The lowest BCUT2D eigenvalue weighted by atomic mass is 9.87. The lowest BCUT2D eigenvalue weighted by Crippen LogP contribution is -2.42. The van der Waals surface area contributed by atoms with Gasteiger partial charge in [-0.05, 0) is 32.7 Å². The van der Waals surface area contributed by atoms with Crippen LogP contribution >= 0.6 is 0 Å². The van der Waals surface area contributed by atoms with Crippen molar-refractivity contribution in [1.82, 2.24) is 9.80 Å². The summed E-state index contributed by atoms with van der Waals surface area (Å²) in [5.41, 5.74) is 0.0556. The highest BCUT2D eigenvalue weighted by molar-refractivity contribution is 5.78. The van der Waals surface area contributed by atoms with Gasteiger partial charge in [0.1, 0.15) is 0 Å². The number of likely N-dealkylation sites (tertiary alicyclic amines) is 1. The Hall–Kier alpha value is -0.610. The van der Waals surface area contributed by atoms with Gasteiger partial charge in [0.2, 0.25) is 5.91 Å². The van der Waals surface area contributed by atoms with Crippen LogP contribution in [0.3, 0.4) is 0 Å². The van der Waals surface area contributed by atoms with E-state index in [0.29, 0.717) is 6.54 Å². The molecule has 1 amide bonds. The molecule has 18 heavy (non-hydrogen) atoms. The van der Waals surface area contributed by atoms with Crippen molar-refractivity contribution in [2.24, 2.45) is 5.41 Å². The van der Waals surface area contributed by atoms with Gasteiger partial charge in [-0.3, -0.25) is 9.69 Å². The van der Waals surface area contributed by atoms with E-state index in [4.69, 9.17) is 0 Å². The van der Waals surface area contributed by atoms with Gasteiger partial charge in [-0.25, -0.2) is 0 Å². The van der Waals surface area contributed by atoms with E-state index in [9.17, 15) is 9.90 Å². The van der Waals surface area contributed by atoms with Crippen LogP contribution in [0.1, 0.15) is 38.5 Å². The van der Waals surface area contributed by atoms with Crippen LogP contribution in [0.15, 0.2) is 0 Å². The van der Waals surface area contributed by atoms with Gasteiger partial charge in [0.15, 0.2) is 0 Å². The maximum atomic E-state index is 12.0. The Morgan fingerprint density at radius 1 is 1.22 bits per heavy atom. The van der Waals surface area contributed by atoms with Gasteiger partial charge < -0.3 is 10.0 Å². The highest BCUT2D eigenvalue weighted by Crippen LogP contribution is 2.38. The number of rotatable bonds is 5. The third-order valence-electron chi connectivity index (χ3n) is 4.47. The fourth-order valence-corrected chi connectivity index (χ4v) is 3.42. The SMILES string of the molecule is CN(CC(=O)N1CCCC1)CC1(CO)CCCC1. The predicted octanol–water partition coefficient (Wildman–Crippen LogP) is 1.09. The number of hydrogen-bond acceptors (Lipinski definition) is 3. The highest BCUT2D eigenvalue weighted by atomic mass is 16.3. The summed E-state index contributed by atoms with van der Waals surface area (Å²) in [5, 5.41) is 9.59. The Kier molecular flexibility index (Phi) is 4.62. The zero-order valence-electron chi connectivity index (χ0n) is 11.5. The molecular formula is C14H26N2O2. The van der Waals surface area contributed by atoms with Crippen LogP contribution in [-0.4, -0.2) is 60.6 Å². The molecule has 0 unspecified atom stereocenters. The summed E-state index contributed by atoms with van der Waals surface area (Å²) >= 11 is 0. The van der Waals surface area contributed by atoms with E-state index in [1.165, 1.54) is 12.8 Å². The van der Waals surface area contributed by atoms with Crippen molar-refractivity contribution in [2.45, 2.75) is 38.5 Å². The smallest absolute Gasteiger partial charge is 0.236 e. The summed E-state index contributed by atoms with van der Waals surface area (Å²) in [6.45, 7) is 3.47. The van der Waals surface area contributed by atoms with E-state index in [1.54, 1.807) is 0 Å². The van der Waals surface area contributed by atoms with E-state index < -0.39 is 0 Å². The number of hydrogen-bond donors (Lipinski definition) is 1. The molecular weight excluding hydrogens is 228 g/mol. The maximum Gasteiger partial charge on any atom is 0.236 e. The number of nitrogens with zero attached hydrogens (tertiary/aromatic N) is 2. The van der Waals surface area contributed by atoms with Crippen molar-refractivity contribution >= 4 is 5.91 Å². The first-order valence-corrected chi connectivity index (χ1v) is 7.22. The van der Waals surface area contributed by atoms with Crippen LogP contribution in [-0.2, 0) is 4.79 Å². The number of carbonyl (C=O) groups is 1. The molecule has 1 saturated carbocycles. The zero-order valence-corrected chi connectivity index (χ0v) is 11.5. The average Bonchev–Trinajstić information content (AvgIpc) is 2.99. The van der Waals surface area contributed by atoms with E-state index in [0.717, 1.165) is 45.3 Å². The molecule has 0 atom stereocenters. The Morgan fingerprint density at radius 3 is 2.39 bits per heavy atom. The lowest BCUT2D eigenvalue weighted by molar-refractivity contribution is -0.131. The molecule has 2 rings (SSSR count). The summed E-state index contributed by atoms with van der Waals surface area (Å²) in [7, 11) is 2.00. The molecule has 1 saturated heterocycles. The number of aliphatic hydroxyl groups is 1. The molecule has 0 aromatic heterocycles. The average molecular weight is 254 g/mol.